The average Bonchev–Trinajstić information content (AvgIpc) is 3.10. The normalized spacial score (nSPS) is 14.1. The van der Waals surface area contributed by atoms with Gasteiger partial charge in [-0.3, -0.25) is 13.9 Å². The quantitative estimate of drug-likeness (QED) is 0.154. The van der Waals surface area contributed by atoms with Crippen LogP contribution in [0.25, 0.3) is 0 Å². The molecular formula is C38H42ClN3O5S. The van der Waals surface area contributed by atoms with Gasteiger partial charge in [0.15, 0.2) is 0 Å². The number of anilines is 1. The Morgan fingerprint density at radius 3 is 2.04 bits per heavy atom. The zero-order chi connectivity index (χ0) is 33.9. The molecule has 5 rings (SSSR count). The Kier molecular flexibility index (Phi) is 12.1. The Labute approximate surface area is 288 Å². The molecule has 0 aliphatic heterocycles. The van der Waals surface area contributed by atoms with Crippen LogP contribution in [-0.2, 0) is 32.6 Å². The van der Waals surface area contributed by atoms with Crippen LogP contribution in [0.1, 0.15) is 50.2 Å². The molecule has 252 valence electrons. The summed E-state index contributed by atoms with van der Waals surface area (Å²) in [5, 5.41) is 3.62. The predicted octanol–water partition coefficient (Wildman–Crippen LogP) is 7.02. The lowest BCUT2D eigenvalue weighted by Gasteiger charge is -2.35. The van der Waals surface area contributed by atoms with Gasteiger partial charge in [-0.1, -0.05) is 91.5 Å². The first-order chi connectivity index (χ1) is 23.2. The molecule has 0 unspecified atom stereocenters. The Morgan fingerprint density at radius 2 is 1.44 bits per heavy atom. The van der Waals surface area contributed by atoms with Crippen LogP contribution in [0.3, 0.4) is 0 Å². The number of ether oxygens (including phenoxy) is 1. The van der Waals surface area contributed by atoms with E-state index in [2.05, 4.69) is 5.32 Å². The van der Waals surface area contributed by atoms with E-state index in [1.54, 1.807) is 24.3 Å². The van der Waals surface area contributed by atoms with Crippen molar-refractivity contribution < 1.29 is 22.7 Å². The lowest BCUT2D eigenvalue weighted by atomic mass is 9.94. The molecule has 0 radical (unpaired) electrons. The Balaban J connectivity index is 1.55. The summed E-state index contributed by atoms with van der Waals surface area (Å²) in [5.74, 6) is -0.183. The minimum atomic E-state index is -4.24. The molecule has 1 aliphatic rings. The number of carbonyl (C=O) groups excluding carboxylic acids is 2. The van der Waals surface area contributed by atoms with E-state index in [9.17, 15) is 18.0 Å². The van der Waals surface area contributed by atoms with Crippen molar-refractivity contribution in [1.82, 2.24) is 10.2 Å². The summed E-state index contributed by atoms with van der Waals surface area (Å²) < 4.78 is 35.1. The van der Waals surface area contributed by atoms with Gasteiger partial charge in [-0.15, -0.1) is 0 Å². The number of nitrogens with one attached hydrogen (secondary N) is 1. The van der Waals surface area contributed by atoms with Crippen molar-refractivity contribution in [3.8, 4) is 5.75 Å². The number of nitrogens with zero attached hydrogens (tertiary/aromatic N) is 2. The summed E-state index contributed by atoms with van der Waals surface area (Å²) >= 11 is 6.09. The summed E-state index contributed by atoms with van der Waals surface area (Å²) in [7, 11) is -4.24. The molecule has 0 heterocycles. The van der Waals surface area contributed by atoms with Crippen molar-refractivity contribution in [1.29, 1.82) is 0 Å². The summed E-state index contributed by atoms with van der Waals surface area (Å²) in [5.41, 5.74) is 2.00. The maximum Gasteiger partial charge on any atom is 0.264 e. The van der Waals surface area contributed by atoms with Crippen molar-refractivity contribution in [3.05, 3.63) is 125 Å². The average molecular weight is 688 g/mol. The fraction of sp³-hybridized carbons (Fsp3) is 0.316. The van der Waals surface area contributed by atoms with Gasteiger partial charge in [-0.25, -0.2) is 8.42 Å². The molecule has 1 fully saturated rings. The van der Waals surface area contributed by atoms with Gasteiger partial charge < -0.3 is 15.0 Å². The van der Waals surface area contributed by atoms with E-state index in [-0.39, 0.29) is 35.5 Å². The first kappa shape index (κ1) is 35.0. The van der Waals surface area contributed by atoms with Crippen molar-refractivity contribution in [2.45, 2.75) is 69.0 Å². The summed E-state index contributed by atoms with van der Waals surface area (Å²) in [6.07, 6.45) is 5.27. The molecule has 0 aromatic heterocycles. The van der Waals surface area contributed by atoms with Crippen molar-refractivity contribution in [2.24, 2.45) is 0 Å². The largest absolute Gasteiger partial charge is 0.494 e. The topological polar surface area (TPSA) is 96.0 Å². The minimum Gasteiger partial charge on any atom is -0.494 e. The lowest BCUT2D eigenvalue weighted by molar-refractivity contribution is -0.140. The Hall–Kier alpha value is -4.34. The van der Waals surface area contributed by atoms with E-state index in [4.69, 9.17) is 16.3 Å². The molecule has 2 amide bonds. The highest BCUT2D eigenvalue weighted by Crippen LogP contribution is 2.28. The molecule has 1 saturated carbocycles. The number of halogens is 1. The van der Waals surface area contributed by atoms with Gasteiger partial charge in [-0.2, -0.15) is 0 Å². The Morgan fingerprint density at radius 1 is 0.833 bits per heavy atom. The van der Waals surface area contributed by atoms with E-state index in [0.717, 1.165) is 47.5 Å². The number of benzene rings is 4. The Bertz CT molecular complexity index is 1730. The number of hydrogen-bond donors (Lipinski definition) is 1. The molecule has 0 saturated heterocycles. The second-order valence-corrected chi connectivity index (χ2v) is 14.2. The molecule has 1 aliphatic carbocycles. The predicted molar refractivity (Wildman–Crippen MR) is 190 cm³/mol. The molecule has 1 atom stereocenters. The molecular weight excluding hydrogens is 646 g/mol. The first-order valence-corrected chi connectivity index (χ1v) is 18.2. The van der Waals surface area contributed by atoms with E-state index < -0.39 is 28.5 Å². The lowest BCUT2D eigenvalue weighted by Crippen LogP contribution is -2.55. The van der Waals surface area contributed by atoms with Crippen molar-refractivity contribution in [2.75, 3.05) is 17.5 Å². The summed E-state index contributed by atoms with van der Waals surface area (Å²) in [4.78, 5) is 30.4. The van der Waals surface area contributed by atoms with Crippen molar-refractivity contribution in [3.63, 3.8) is 0 Å². The number of hydrogen-bond acceptors (Lipinski definition) is 5. The van der Waals surface area contributed by atoms with Crippen LogP contribution in [0.2, 0.25) is 5.02 Å². The number of sulfonamides is 1. The van der Waals surface area contributed by atoms with E-state index in [1.165, 1.54) is 29.2 Å². The molecule has 0 spiro atoms. The fourth-order valence-corrected chi connectivity index (χ4v) is 7.56. The molecule has 4 aromatic rings. The van der Waals surface area contributed by atoms with E-state index in [1.807, 2.05) is 67.6 Å². The van der Waals surface area contributed by atoms with Gasteiger partial charge in [0.05, 0.1) is 17.2 Å². The van der Waals surface area contributed by atoms with Gasteiger partial charge in [0.1, 0.15) is 18.3 Å². The fourth-order valence-electron chi connectivity index (χ4n) is 6.02. The summed E-state index contributed by atoms with van der Waals surface area (Å²) in [6.45, 7) is 1.90. The number of amides is 2. The zero-order valence-electron chi connectivity index (χ0n) is 27.1. The van der Waals surface area contributed by atoms with Gasteiger partial charge in [0.2, 0.25) is 11.8 Å². The number of carbonyl (C=O) groups is 2. The van der Waals surface area contributed by atoms with Crippen LogP contribution in [0.4, 0.5) is 5.69 Å². The van der Waals surface area contributed by atoms with Crippen LogP contribution < -0.4 is 14.4 Å². The van der Waals surface area contributed by atoms with Gasteiger partial charge in [0.25, 0.3) is 10.0 Å². The van der Waals surface area contributed by atoms with Crippen LogP contribution in [-0.4, -0.2) is 50.4 Å². The maximum atomic E-state index is 14.7. The molecule has 10 heteroatoms. The third kappa shape index (κ3) is 9.17. The van der Waals surface area contributed by atoms with Gasteiger partial charge in [0, 0.05) is 24.0 Å². The minimum absolute atomic E-state index is 0.0147. The second-order valence-electron chi connectivity index (χ2n) is 11.9. The standard InChI is InChI=1S/C38H42ClN3O5S/c1-2-47-34-22-20-33(21-23-34)42(48(45,46)35-24-18-31(39)19-25-35)28-37(43)41(27-30-14-8-4-9-15-30)36(26-29-12-6-3-7-13-29)38(44)40-32-16-10-5-11-17-32/h3-4,6-9,12-15,18-25,32,36H,2,5,10-11,16-17,26-28H2,1H3,(H,40,44)/t36-/m1/s1. The molecule has 0 bridgehead atoms. The SMILES string of the molecule is CCOc1ccc(N(CC(=O)N(Cc2ccccc2)[C@H](Cc2ccccc2)C(=O)NC2CCCCC2)S(=O)(=O)c2ccc(Cl)cc2)cc1. The van der Waals surface area contributed by atoms with Crippen LogP contribution in [0, 0.1) is 0 Å². The monoisotopic (exact) mass is 687 g/mol. The molecule has 1 N–H and O–H groups in total. The third-order valence-electron chi connectivity index (χ3n) is 8.53. The van der Waals surface area contributed by atoms with Crippen molar-refractivity contribution >= 4 is 39.1 Å². The van der Waals surface area contributed by atoms with E-state index in [0.29, 0.717) is 17.4 Å². The number of rotatable bonds is 14. The second kappa shape index (κ2) is 16.7. The van der Waals surface area contributed by atoms with Crippen LogP contribution in [0.15, 0.2) is 114 Å². The third-order valence-corrected chi connectivity index (χ3v) is 10.6. The van der Waals surface area contributed by atoms with Crippen LogP contribution >= 0.6 is 11.6 Å². The first-order valence-electron chi connectivity index (χ1n) is 16.4. The molecule has 4 aromatic carbocycles. The smallest absolute Gasteiger partial charge is 0.264 e. The van der Waals surface area contributed by atoms with Crippen LogP contribution in [0.5, 0.6) is 5.75 Å². The summed E-state index contributed by atoms with van der Waals surface area (Å²) in [6, 6.07) is 30.6. The molecule has 8 nitrogen and oxygen atoms in total. The highest BCUT2D eigenvalue weighted by atomic mass is 35.5. The highest BCUT2D eigenvalue weighted by Gasteiger charge is 2.35. The van der Waals surface area contributed by atoms with Gasteiger partial charge >= 0.3 is 0 Å². The maximum absolute atomic E-state index is 14.7. The highest BCUT2D eigenvalue weighted by molar-refractivity contribution is 7.92. The van der Waals surface area contributed by atoms with Gasteiger partial charge in [-0.05, 0) is 79.4 Å². The zero-order valence-corrected chi connectivity index (χ0v) is 28.7. The molecule has 48 heavy (non-hydrogen) atoms. The van der Waals surface area contributed by atoms with E-state index >= 15 is 0 Å².